The fraction of sp³-hybridized carbons (Fsp3) is 0.514. The van der Waals surface area contributed by atoms with E-state index in [-0.39, 0.29) is 25.7 Å². The summed E-state index contributed by atoms with van der Waals surface area (Å²) in [7, 11) is 0. The van der Waals surface area contributed by atoms with Crippen LogP contribution in [0.15, 0.2) is 60.7 Å². The summed E-state index contributed by atoms with van der Waals surface area (Å²) in [4.78, 5) is 71.8. The van der Waals surface area contributed by atoms with Crippen LogP contribution in [0.1, 0.15) is 81.0 Å². The van der Waals surface area contributed by atoms with Crippen LogP contribution in [0.2, 0.25) is 0 Å². The van der Waals surface area contributed by atoms with E-state index in [9.17, 15) is 24.0 Å². The SMILES string of the molecule is CC(=O)OC1C(OC(=O)c2ccccc2)CC(C)C23OC(C)(C)C(CC(OC(=O)c4ccccc4)C12C)C3ON1C(=O)CCC1=O. The van der Waals surface area contributed by atoms with Crippen LogP contribution in [0.4, 0.5) is 0 Å². The quantitative estimate of drug-likeness (QED) is 0.245. The lowest BCUT2D eigenvalue weighted by atomic mass is 9.48. The molecule has 2 heterocycles. The van der Waals surface area contributed by atoms with Crippen molar-refractivity contribution in [2.75, 3.05) is 0 Å². The standard InChI is InChI=1S/C35H39NO10/c1-20-18-25(43-31(40)22-12-8-6-9-13-22)30(42-21(2)37)34(5)26(44-32(41)23-14-10-7-11-15-23)19-24-29(35(20,34)46-33(24,3)4)45-36-27(38)16-17-28(36)39/h6-15,20,24-26,29-30H,16-19H2,1-5H3. The predicted molar refractivity (Wildman–Crippen MR) is 161 cm³/mol. The third-order valence-electron chi connectivity index (χ3n) is 10.4. The first-order valence-corrected chi connectivity index (χ1v) is 15.7. The number of hydrogen-bond acceptors (Lipinski definition) is 10. The summed E-state index contributed by atoms with van der Waals surface area (Å²) < 4.78 is 25.5. The van der Waals surface area contributed by atoms with Crippen molar-refractivity contribution in [2.45, 2.75) is 95.9 Å². The molecule has 8 unspecified atom stereocenters. The van der Waals surface area contributed by atoms with Crippen molar-refractivity contribution in [1.29, 1.82) is 0 Å². The zero-order valence-corrected chi connectivity index (χ0v) is 26.6. The van der Waals surface area contributed by atoms with E-state index in [0.29, 0.717) is 11.1 Å². The molecule has 6 rings (SSSR count). The van der Waals surface area contributed by atoms with E-state index in [1.807, 2.05) is 20.8 Å². The maximum Gasteiger partial charge on any atom is 0.338 e. The Morgan fingerprint density at radius 2 is 1.33 bits per heavy atom. The smallest absolute Gasteiger partial charge is 0.338 e. The summed E-state index contributed by atoms with van der Waals surface area (Å²) in [6.07, 6.45) is -3.46. The first kappa shape index (κ1) is 31.9. The number of imide groups is 1. The zero-order valence-electron chi connectivity index (χ0n) is 26.6. The summed E-state index contributed by atoms with van der Waals surface area (Å²) in [5.41, 5.74) is -2.97. The van der Waals surface area contributed by atoms with Gasteiger partial charge in [-0.15, -0.1) is 0 Å². The second-order valence-electron chi connectivity index (χ2n) is 13.5. The van der Waals surface area contributed by atoms with Crippen LogP contribution in [0, 0.1) is 17.3 Å². The minimum Gasteiger partial charge on any atom is -0.458 e. The van der Waals surface area contributed by atoms with Crippen LogP contribution in [0.5, 0.6) is 0 Å². The van der Waals surface area contributed by atoms with Gasteiger partial charge in [-0.1, -0.05) is 43.3 Å². The highest BCUT2D eigenvalue weighted by atomic mass is 16.7. The molecule has 2 saturated carbocycles. The molecule has 0 radical (unpaired) electrons. The molecule has 2 saturated heterocycles. The summed E-state index contributed by atoms with van der Waals surface area (Å²) >= 11 is 0. The molecule has 4 fully saturated rings. The predicted octanol–water partition coefficient (Wildman–Crippen LogP) is 4.43. The van der Waals surface area contributed by atoms with Crippen LogP contribution in [-0.4, -0.2) is 70.4 Å². The molecule has 244 valence electrons. The minimum absolute atomic E-state index is 0.0329. The Balaban J connectivity index is 1.48. The fourth-order valence-corrected chi connectivity index (χ4v) is 8.28. The van der Waals surface area contributed by atoms with Gasteiger partial charge >= 0.3 is 17.9 Å². The van der Waals surface area contributed by atoms with Gasteiger partial charge in [-0.3, -0.25) is 19.2 Å². The molecular weight excluding hydrogens is 594 g/mol. The van der Waals surface area contributed by atoms with Crippen molar-refractivity contribution in [2.24, 2.45) is 17.3 Å². The topological polar surface area (TPSA) is 135 Å². The van der Waals surface area contributed by atoms with Crippen LogP contribution in [-0.2, 0) is 38.2 Å². The molecule has 0 aromatic heterocycles. The second kappa shape index (κ2) is 11.6. The van der Waals surface area contributed by atoms with Crippen molar-refractivity contribution in [3.05, 3.63) is 71.8 Å². The van der Waals surface area contributed by atoms with Crippen LogP contribution >= 0.6 is 0 Å². The molecule has 2 aromatic carbocycles. The van der Waals surface area contributed by atoms with Crippen molar-refractivity contribution in [3.8, 4) is 0 Å². The van der Waals surface area contributed by atoms with E-state index in [1.54, 1.807) is 67.6 Å². The zero-order chi connectivity index (χ0) is 33.0. The minimum atomic E-state index is -1.39. The van der Waals surface area contributed by atoms with Gasteiger partial charge < -0.3 is 18.9 Å². The summed E-state index contributed by atoms with van der Waals surface area (Å²) in [6.45, 7) is 8.76. The third kappa shape index (κ3) is 5.00. The van der Waals surface area contributed by atoms with Crippen molar-refractivity contribution in [3.63, 3.8) is 0 Å². The fourth-order valence-electron chi connectivity index (χ4n) is 8.28. The first-order valence-electron chi connectivity index (χ1n) is 15.7. The van der Waals surface area contributed by atoms with Crippen LogP contribution < -0.4 is 0 Å². The highest BCUT2D eigenvalue weighted by Crippen LogP contribution is 2.68. The Hall–Kier alpha value is -4.09. The molecule has 8 atom stereocenters. The Morgan fingerprint density at radius 1 is 0.783 bits per heavy atom. The Morgan fingerprint density at radius 3 is 1.87 bits per heavy atom. The average Bonchev–Trinajstić information content (AvgIpc) is 3.43. The van der Waals surface area contributed by atoms with Crippen LogP contribution in [0.3, 0.4) is 0 Å². The van der Waals surface area contributed by atoms with E-state index < -0.39 is 82.6 Å². The number of hydroxylamine groups is 2. The van der Waals surface area contributed by atoms with E-state index in [0.717, 1.165) is 5.06 Å². The first-order chi connectivity index (χ1) is 21.8. The number of rotatable bonds is 7. The van der Waals surface area contributed by atoms with Crippen molar-refractivity contribution < 1.29 is 47.8 Å². The summed E-state index contributed by atoms with van der Waals surface area (Å²) in [6, 6.07) is 17.0. The molecule has 1 spiro atoms. The third-order valence-corrected chi connectivity index (χ3v) is 10.4. The molecule has 2 aliphatic carbocycles. The lowest BCUT2D eigenvalue weighted by Crippen LogP contribution is -2.76. The van der Waals surface area contributed by atoms with Gasteiger partial charge in [-0.25, -0.2) is 9.59 Å². The molecule has 2 amide bonds. The molecule has 2 aliphatic heterocycles. The van der Waals surface area contributed by atoms with Gasteiger partial charge in [0.05, 0.1) is 22.1 Å². The van der Waals surface area contributed by atoms with Crippen LogP contribution in [0.25, 0.3) is 0 Å². The summed E-state index contributed by atoms with van der Waals surface area (Å²) in [5, 5.41) is 0.829. The number of carbonyl (C=O) groups excluding carboxylic acids is 5. The number of carbonyl (C=O) groups is 5. The van der Waals surface area contributed by atoms with Gasteiger partial charge in [0.25, 0.3) is 11.8 Å². The number of esters is 3. The molecule has 46 heavy (non-hydrogen) atoms. The largest absolute Gasteiger partial charge is 0.458 e. The number of fused-ring (bicyclic) bond motifs is 1. The molecule has 11 nitrogen and oxygen atoms in total. The van der Waals surface area contributed by atoms with Gasteiger partial charge in [0.1, 0.15) is 23.9 Å². The average molecular weight is 634 g/mol. The highest BCUT2D eigenvalue weighted by molar-refractivity contribution is 6.00. The number of ether oxygens (including phenoxy) is 4. The Kier molecular flexibility index (Phi) is 8.05. The van der Waals surface area contributed by atoms with Gasteiger partial charge in [0.2, 0.25) is 0 Å². The molecule has 11 heteroatoms. The summed E-state index contributed by atoms with van der Waals surface area (Å²) in [5.74, 6) is -3.63. The van der Waals surface area contributed by atoms with Crippen molar-refractivity contribution in [1.82, 2.24) is 5.06 Å². The number of nitrogens with zero attached hydrogens (tertiary/aromatic N) is 1. The molecule has 0 N–H and O–H groups in total. The van der Waals surface area contributed by atoms with Gasteiger partial charge in [-0.2, -0.15) is 5.06 Å². The number of benzene rings is 2. The monoisotopic (exact) mass is 633 g/mol. The van der Waals surface area contributed by atoms with E-state index in [2.05, 4.69) is 0 Å². The maximum atomic E-state index is 13.6. The number of amides is 2. The molecule has 4 aliphatic rings. The van der Waals surface area contributed by atoms with E-state index in [1.165, 1.54) is 6.92 Å². The lowest BCUT2D eigenvalue weighted by Gasteiger charge is -2.63. The van der Waals surface area contributed by atoms with E-state index in [4.69, 9.17) is 23.8 Å². The Bertz CT molecular complexity index is 1530. The second-order valence-corrected chi connectivity index (χ2v) is 13.5. The molecular formula is C35H39NO10. The van der Waals surface area contributed by atoms with Gasteiger partial charge in [0.15, 0.2) is 6.10 Å². The highest BCUT2D eigenvalue weighted by Gasteiger charge is 2.80. The van der Waals surface area contributed by atoms with Gasteiger partial charge in [-0.05, 0) is 63.8 Å². The van der Waals surface area contributed by atoms with Gasteiger partial charge in [0, 0.05) is 25.7 Å². The van der Waals surface area contributed by atoms with Crippen molar-refractivity contribution >= 4 is 29.7 Å². The Labute approximate surface area is 267 Å². The number of hydrogen-bond donors (Lipinski definition) is 0. The molecule has 2 aromatic rings. The van der Waals surface area contributed by atoms with E-state index >= 15 is 0 Å². The molecule has 2 bridgehead atoms. The lowest BCUT2D eigenvalue weighted by molar-refractivity contribution is -0.326. The normalized spacial score (nSPS) is 34.5. The maximum absolute atomic E-state index is 13.6.